The lowest BCUT2D eigenvalue weighted by Crippen LogP contribution is -2.45. The summed E-state index contributed by atoms with van der Waals surface area (Å²) in [5, 5.41) is 0. The molecule has 0 saturated carbocycles. The summed E-state index contributed by atoms with van der Waals surface area (Å²) in [6.45, 7) is 4.62. The average molecular weight is 397 g/mol. The van der Waals surface area contributed by atoms with Crippen molar-refractivity contribution in [1.29, 1.82) is 0 Å². The van der Waals surface area contributed by atoms with Crippen LogP contribution in [0.3, 0.4) is 0 Å². The zero-order chi connectivity index (χ0) is 20.8. The predicted molar refractivity (Wildman–Crippen MR) is 117 cm³/mol. The molecule has 0 aliphatic carbocycles. The van der Waals surface area contributed by atoms with Crippen LogP contribution in [0.1, 0.15) is 41.6 Å². The third kappa shape index (κ3) is 5.30. The van der Waals surface area contributed by atoms with Gasteiger partial charge in [0, 0.05) is 31.9 Å². The van der Waals surface area contributed by atoms with Crippen LogP contribution in [0.15, 0.2) is 48.5 Å². The molecule has 2 atom stereocenters. The molecule has 1 unspecified atom stereocenters. The standard InChI is InChI=1S/C24H32N2O3/c1-18(20-6-5-7-23(16-20)28-4)8-11-22-17-29-15-14-26(22)21-12-9-19(10-13-21)24(27)25(2)3/h5-7,9-10,12-13,16,18,22H,8,11,14-15,17H2,1-4H3/t18-,22?/m0/s1. The molecule has 0 radical (unpaired) electrons. The molecule has 1 amide bonds. The normalized spacial score (nSPS) is 17.7. The summed E-state index contributed by atoms with van der Waals surface area (Å²) in [4.78, 5) is 16.2. The van der Waals surface area contributed by atoms with Gasteiger partial charge in [-0.15, -0.1) is 0 Å². The highest BCUT2D eigenvalue weighted by atomic mass is 16.5. The van der Waals surface area contributed by atoms with Gasteiger partial charge >= 0.3 is 0 Å². The Morgan fingerprint density at radius 2 is 2.00 bits per heavy atom. The second kappa shape index (κ2) is 9.79. The van der Waals surface area contributed by atoms with Crippen molar-refractivity contribution in [3.63, 3.8) is 0 Å². The summed E-state index contributed by atoms with van der Waals surface area (Å²) in [5.74, 6) is 1.39. The molecule has 156 valence electrons. The summed E-state index contributed by atoms with van der Waals surface area (Å²) < 4.78 is 11.1. The fourth-order valence-corrected chi connectivity index (χ4v) is 3.84. The number of anilines is 1. The van der Waals surface area contributed by atoms with Crippen LogP contribution in [0.25, 0.3) is 0 Å². The van der Waals surface area contributed by atoms with E-state index in [2.05, 4.69) is 42.2 Å². The Bertz CT molecular complexity index is 804. The summed E-state index contributed by atoms with van der Waals surface area (Å²) in [5.41, 5.74) is 3.18. The molecule has 2 aromatic carbocycles. The van der Waals surface area contributed by atoms with Crippen LogP contribution in [0.5, 0.6) is 5.75 Å². The van der Waals surface area contributed by atoms with Gasteiger partial charge in [0.15, 0.2) is 0 Å². The van der Waals surface area contributed by atoms with Crippen molar-refractivity contribution in [3.8, 4) is 5.75 Å². The van der Waals surface area contributed by atoms with E-state index in [1.165, 1.54) is 5.56 Å². The number of methoxy groups -OCH3 is 1. The lowest BCUT2D eigenvalue weighted by Gasteiger charge is -2.38. The highest BCUT2D eigenvalue weighted by Gasteiger charge is 2.24. The smallest absolute Gasteiger partial charge is 0.253 e. The lowest BCUT2D eigenvalue weighted by molar-refractivity contribution is 0.0827. The summed E-state index contributed by atoms with van der Waals surface area (Å²) in [7, 11) is 5.26. The quantitative estimate of drug-likeness (QED) is 0.704. The number of benzene rings is 2. The molecule has 3 rings (SSSR count). The first-order chi connectivity index (χ1) is 14.0. The Morgan fingerprint density at radius 1 is 1.24 bits per heavy atom. The van der Waals surface area contributed by atoms with Gasteiger partial charge in [-0.3, -0.25) is 4.79 Å². The van der Waals surface area contributed by atoms with Crippen molar-refractivity contribution < 1.29 is 14.3 Å². The zero-order valence-corrected chi connectivity index (χ0v) is 17.9. The molecule has 29 heavy (non-hydrogen) atoms. The van der Waals surface area contributed by atoms with Gasteiger partial charge in [-0.25, -0.2) is 0 Å². The van der Waals surface area contributed by atoms with Crippen LogP contribution in [-0.2, 0) is 4.74 Å². The van der Waals surface area contributed by atoms with Crippen LogP contribution in [0, 0.1) is 0 Å². The fraction of sp³-hybridized carbons (Fsp3) is 0.458. The van der Waals surface area contributed by atoms with E-state index >= 15 is 0 Å². The molecule has 1 heterocycles. The molecule has 1 fully saturated rings. The lowest BCUT2D eigenvalue weighted by atomic mass is 9.93. The van der Waals surface area contributed by atoms with Gasteiger partial charge < -0.3 is 19.3 Å². The number of nitrogens with zero attached hydrogens (tertiary/aromatic N) is 2. The van der Waals surface area contributed by atoms with Gasteiger partial charge in [-0.2, -0.15) is 0 Å². The Kier molecular flexibility index (Phi) is 7.15. The van der Waals surface area contributed by atoms with Crippen molar-refractivity contribution >= 4 is 11.6 Å². The molecule has 0 aromatic heterocycles. The first-order valence-corrected chi connectivity index (χ1v) is 10.3. The van der Waals surface area contributed by atoms with Crippen molar-refractivity contribution in [2.45, 2.75) is 31.7 Å². The minimum atomic E-state index is 0.0298. The molecule has 2 aromatic rings. The number of carbonyl (C=O) groups excluding carboxylic acids is 1. The van der Waals surface area contributed by atoms with E-state index < -0.39 is 0 Å². The SMILES string of the molecule is COc1cccc([C@@H](C)CCC2COCCN2c2ccc(C(=O)N(C)C)cc2)c1. The molecule has 5 heteroatoms. The van der Waals surface area contributed by atoms with E-state index in [4.69, 9.17) is 9.47 Å². The van der Waals surface area contributed by atoms with Gasteiger partial charge in [0.2, 0.25) is 0 Å². The average Bonchev–Trinajstić information content (AvgIpc) is 2.77. The fourth-order valence-electron chi connectivity index (χ4n) is 3.84. The van der Waals surface area contributed by atoms with E-state index in [0.717, 1.165) is 49.6 Å². The zero-order valence-electron chi connectivity index (χ0n) is 17.9. The number of carbonyl (C=O) groups is 1. The summed E-state index contributed by atoms with van der Waals surface area (Å²) in [6, 6.07) is 16.6. The van der Waals surface area contributed by atoms with Gasteiger partial charge in [0.25, 0.3) is 5.91 Å². The maximum Gasteiger partial charge on any atom is 0.253 e. The Morgan fingerprint density at radius 3 is 2.69 bits per heavy atom. The Labute approximate surface area is 174 Å². The van der Waals surface area contributed by atoms with Gasteiger partial charge in [0.05, 0.1) is 26.4 Å². The van der Waals surface area contributed by atoms with Crippen molar-refractivity contribution in [1.82, 2.24) is 4.90 Å². The van der Waals surface area contributed by atoms with Crippen LogP contribution < -0.4 is 9.64 Å². The largest absolute Gasteiger partial charge is 0.497 e. The van der Waals surface area contributed by atoms with Gasteiger partial charge in [0.1, 0.15) is 5.75 Å². The van der Waals surface area contributed by atoms with E-state index in [1.54, 1.807) is 26.1 Å². The topological polar surface area (TPSA) is 42.0 Å². The maximum absolute atomic E-state index is 12.1. The molecule has 0 bridgehead atoms. The van der Waals surface area contributed by atoms with E-state index in [9.17, 15) is 4.79 Å². The van der Waals surface area contributed by atoms with E-state index in [1.807, 2.05) is 18.2 Å². The van der Waals surface area contributed by atoms with Crippen LogP contribution in [-0.4, -0.2) is 57.8 Å². The highest BCUT2D eigenvalue weighted by Crippen LogP contribution is 2.28. The van der Waals surface area contributed by atoms with Crippen molar-refractivity contribution in [3.05, 3.63) is 59.7 Å². The van der Waals surface area contributed by atoms with Gasteiger partial charge in [-0.1, -0.05) is 19.1 Å². The number of amides is 1. The molecule has 1 aliphatic rings. The van der Waals surface area contributed by atoms with Crippen LogP contribution in [0.2, 0.25) is 0 Å². The van der Waals surface area contributed by atoms with Crippen molar-refractivity contribution in [2.24, 2.45) is 0 Å². The van der Waals surface area contributed by atoms with E-state index in [0.29, 0.717) is 12.0 Å². The predicted octanol–water partition coefficient (Wildman–Crippen LogP) is 4.19. The molecule has 1 saturated heterocycles. The van der Waals surface area contributed by atoms with Crippen LogP contribution in [0.4, 0.5) is 5.69 Å². The first kappa shape index (κ1) is 21.2. The van der Waals surface area contributed by atoms with Crippen LogP contribution >= 0.6 is 0 Å². The molecule has 1 aliphatic heterocycles. The second-order valence-electron chi connectivity index (χ2n) is 7.92. The third-order valence-electron chi connectivity index (χ3n) is 5.68. The molecular weight excluding hydrogens is 364 g/mol. The number of hydrogen-bond donors (Lipinski definition) is 0. The Hall–Kier alpha value is -2.53. The van der Waals surface area contributed by atoms with E-state index in [-0.39, 0.29) is 5.91 Å². The minimum Gasteiger partial charge on any atom is -0.497 e. The minimum absolute atomic E-state index is 0.0298. The number of hydrogen-bond acceptors (Lipinski definition) is 4. The monoisotopic (exact) mass is 396 g/mol. The number of rotatable bonds is 7. The van der Waals surface area contributed by atoms with Crippen molar-refractivity contribution in [2.75, 3.05) is 45.9 Å². The Balaban J connectivity index is 1.65. The number of ether oxygens (including phenoxy) is 2. The third-order valence-corrected chi connectivity index (χ3v) is 5.68. The maximum atomic E-state index is 12.1. The second-order valence-corrected chi connectivity index (χ2v) is 7.92. The summed E-state index contributed by atoms with van der Waals surface area (Å²) >= 11 is 0. The highest BCUT2D eigenvalue weighted by molar-refractivity contribution is 5.94. The van der Waals surface area contributed by atoms with Gasteiger partial charge in [-0.05, 0) is 60.7 Å². The molecule has 0 N–H and O–H groups in total. The first-order valence-electron chi connectivity index (χ1n) is 10.3. The molecule has 0 spiro atoms. The number of morpholine rings is 1. The molecular formula is C24H32N2O3. The summed E-state index contributed by atoms with van der Waals surface area (Å²) in [6.07, 6.45) is 2.13. The molecule has 5 nitrogen and oxygen atoms in total.